The van der Waals surface area contributed by atoms with Crippen LogP contribution in [0.5, 0.6) is 11.5 Å². The highest BCUT2D eigenvalue weighted by Gasteiger charge is 2.09. The van der Waals surface area contributed by atoms with Gasteiger partial charge in [0.1, 0.15) is 0 Å². The highest BCUT2D eigenvalue weighted by Crippen LogP contribution is 2.31. The molecule has 2 rings (SSSR count). The van der Waals surface area contributed by atoms with Gasteiger partial charge in [-0.3, -0.25) is 9.78 Å². The Morgan fingerprint density at radius 3 is 3.00 bits per heavy atom. The van der Waals surface area contributed by atoms with Crippen molar-refractivity contribution in [3.63, 3.8) is 0 Å². The zero-order chi connectivity index (χ0) is 17.4. The van der Waals surface area contributed by atoms with Crippen molar-refractivity contribution >= 4 is 12.1 Å². The average Bonchev–Trinajstić information content (AvgIpc) is 2.60. The Morgan fingerprint density at radius 1 is 1.50 bits per heavy atom. The fourth-order valence-corrected chi connectivity index (χ4v) is 2.07. The SMILES string of the molecule is C=CCc1cc(C=NNC(=O)c2cccnc2)cc(OCC)c1O. The molecular formula is C18H19N3O3. The van der Waals surface area contributed by atoms with Gasteiger partial charge in [-0.25, -0.2) is 5.43 Å². The van der Waals surface area contributed by atoms with Gasteiger partial charge in [0.05, 0.1) is 18.4 Å². The maximum atomic E-state index is 11.9. The van der Waals surface area contributed by atoms with E-state index in [4.69, 9.17) is 4.74 Å². The molecule has 2 N–H and O–H groups in total. The number of amides is 1. The van der Waals surface area contributed by atoms with E-state index < -0.39 is 0 Å². The second-order valence-electron chi connectivity index (χ2n) is 4.89. The number of nitrogens with one attached hydrogen (secondary N) is 1. The normalized spacial score (nSPS) is 10.5. The van der Waals surface area contributed by atoms with Gasteiger partial charge in [-0.15, -0.1) is 6.58 Å². The molecule has 24 heavy (non-hydrogen) atoms. The standard InChI is InChI=1S/C18H19N3O3/c1-3-6-14-9-13(10-16(17(14)22)24-4-2)11-20-21-18(23)15-7-5-8-19-12-15/h3,5,7-12,22H,1,4,6H2,2H3,(H,21,23). The Balaban J connectivity index is 2.16. The Hall–Kier alpha value is -3.15. The number of aromatic nitrogens is 1. The molecule has 0 aliphatic rings. The van der Waals surface area contributed by atoms with Crippen LogP contribution in [-0.4, -0.2) is 28.8 Å². The van der Waals surface area contributed by atoms with Gasteiger partial charge in [0, 0.05) is 18.0 Å². The number of pyridine rings is 1. The molecule has 1 aromatic carbocycles. The molecule has 1 amide bonds. The minimum absolute atomic E-state index is 0.0910. The number of carbonyl (C=O) groups excluding carboxylic acids is 1. The lowest BCUT2D eigenvalue weighted by Crippen LogP contribution is -2.17. The summed E-state index contributed by atoms with van der Waals surface area (Å²) in [5, 5.41) is 14.1. The summed E-state index contributed by atoms with van der Waals surface area (Å²) in [5.74, 6) is 0.111. The number of ether oxygens (including phenoxy) is 1. The minimum atomic E-state index is -0.352. The quantitative estimate of drug-likeness (QED) is 0.466. The monoisotopic (exact) mass is 325 g/mol. The lowest BCUT2D eigenvalue weighted by molar-refractivity contribution is 0.0955. The maximum Gasteiger partial charge on any atom is 0.272 e. The third-order valence-electron chi connectivity index (χ3n) is 3.14. The van der Waals surface area contributed by atoms with Crippen molar-refractivity contribution in [2.45, 2.75) is 13.3 Å². The summed E-state index contributed by atoms with van der Waals surface area (Å²) in [6.45, 7) is 5.94. The van der Waals surface area contributed by atoms with E-state index in [2.05, 4.69) is 22.1 Å². The number of aromatic hydroxyl groups is 1. The molecule has 0 atom stereocenters. The molecule has 1 aromatic heterocycles. The first-order valence-electron chi connectivity index (χ1n) is 7.48. The summed E-state index contributed by atoms with van der Waals surface area (Å²) in [6, 6.07) is 6.74. The Morgan fingerprint density at radius 2 is 2.33 bits per heavy atom. The average molecular weight is 325 g/mol. The van der Waals surface area contributed by atoms with E-state index in [9.17, 15) is 9.90 Å². The van der Waals surface area contributed by atoms with Gasteiger partial charge in [-0.2, -0.15) is 5.10 Å². The van der Waals surface area contributed by atoms with Gasteiger partial charge < -0.3 is 9.84 Å². The molecule has 0 fully saturated rings. The smallest absolute Gasteiger partial charge is 0.272 e. The van der Waals surface area contributed by atoms with E-state index in [1.54, 1.807) is 36.5 Å². The van der Waals surface area contributed by atoms with E-state index in [1.807, 2.05) is 6.92 Å². The van der Waals surface area contributed by atoms with E-state index in [0.29, 0.717) is 35.5 Å². The zero-order valence-corrected chi connectivity index (χ0v) is 13.4. The van der Waals surface area contributed by atoms with Crippen molar-refractivity contribution < 1.29 is 14.6 Å². The summed E-state index contributed by atoms with van der Waals surface area (Å²) in [4.78, 5) is 15.8. The molecule has 0 radical (unpaired) electrons. The van der Waals surface area contributed by atoms with Crippen LogP contribution in [0, 0.1) is 0 Å². The molecule has 0 aliphatic carbocycles. The van der Waals surface area contributed by atoms with Crippen molar-refractivity contribution in [1.29, 1.82) is 0 Å². The molecule has 0 bridgehead atoms. The fourth-order valence-electron chi connectivity index (χ4n) is 2.07. The second-order valence-corrected chi connectivity index (χ2v) is 4.89. The molecule has 0 saturated carbocycles. The molecule has 2 aromatic rings. The first kappa shape index (κ1) is 17.2. The van der Waals surface area contributed by atoms with Crippen LogP contribution in [-0.2, 0) is 6.42 Å². The Bertz CT molecular complexity index is 743. The number of hydrogen-bond donors (Lipinski definition) is 2. The molecule has 1 heterocycles. The first-order chi connectivity index (χ1) is 11.7. The van der Waals surface area contributed by atoms with Crippen LogP contribution in [0.15, 0.2) is 54.4 Å². The van der Waals surface area contributed by atoms with Crippen LogP contribution in [0.4, 0.5) is 0 Å². The molecule has 6 heteroatoms. The van der Waals surface area contributed by atoms with Gasteiger partial charge >= 0.3 is 0 Å². The van der Waals surface area contributed by atoms with Gasteiger partial charge in [-0.05, 0) is 43.2 Å². The molecule has 6 nitrogen and oxygen atoms in total. The van der Waals surface area contributed by atoms with E-state index in [-0.39, 0.29) is 11.7 Å². The van der Waals surface area contributed by atoms with Crippen molar-refractivity contribution in [2.75, 3.05) is 6.61 Å². The van der Waals surface area contributed by atoms with Crippen molar-refractivity contribution in [3.8, 4) is 11.5 Å². The van der Waals surface area contributed by atoms with Gasteiger partial charge in [-0.1, -0.05) is 6.08 Å². The predicted molar refractivity (Wildman–Crippen MR) is 92.5 cm³/mol. The number of hydrazone groups is 1. The van der Waals surface area contributed by atoms with Crippen LogP contribution in [0.1, 0.15) is 28.4 Å². The van der Waals surface area contributed by atoms with Gasteiger partial charge in [0.2, 0.25) is 0 Å². The summed E-state index contributed by atoms with van der Waals surface area (Å²) in [7, 11) is 0. The number of rotatable bonds is 7. The summed E-state index contributed by atoms with van der Waals surface area (Å²) < 4.78 is 5.42. The lowest BCUT2D eigenvalue weighted by Gasteiger charge is -2.10. The third-order valence-corrected chi connectivity index (χ3v) is 3.14. The number of phenols is 1. The van der Waals surface area contributed by atoms with Crippen LogP contribution < -0.4 is 10.2 Å². The van der Waals surface area contributed by atoms with Crippen LogP contribution >= 0.6 is 0 Å². The predicted octanol–water partition coefficient (Wildman–Crippen LogP) is 2.68. The van der Waals surface area contributed by atoms with Crippen molar-refractivity contribution in [2.24, 2.45) is 5.10 Å². The molecule has 0 spiro atoms. The lowest BCUT2D eigenvalue weighted by atomic mass is 10.1. The molecule has 0 unspecified atom stereocenters. The number of hydrogen-bond acceptors (Lipinski definition) is 5. The van der Waals surface area contributed by atoms with Crippen molar-refractivity contribution in [1.82, 2.24) is 10.4 Å². The molecule has 0 saturated heterocycles. The van der Waals surface area contributed by atoms with Crippen LogP contribution in [0.3, 0.4) is 0 Å². The summed E-state index contributed by atoms with van der Waals surface area (Å²) >= 11 is 0. The van der Waals surface area contributed by atoms with Gasteiger partial charge in [0.25, 0.3) is 5.91 Å². The van der Waals surface area contributed by atoms with E-state index >= 15 is 0 Å². The number of carbonyl (C=O) groups is 1. The Labute approximate surface area is 140 Å². The van der Waals surface area contributed by atoms with Crippen LogP contribution in [0.2, 0.25) is 0 Å². The van der Waals surface area contributed by atoms with E-state index in [0.717, 1.165) is 0 Å². The van der Waals surface area contributed by atoms with Gasteiger partial charge in [0.15, 0.2) is 11.5 Å². The minimum Gasteiger partial charge on any atom is -0.504 e. The molecule has 0 aliphatic heterocycles. The fraction of sp³-hybridized carbons (Fsp3) is 0.167. The second kappa shape index (κ2) is 8.47. The third kappa shape index (κ3) is 4.42. The molecular weight excluding hydrogens is 306 g/mol. The highest BCUT2D eigenvalue weighted by atomic mass is 16.5. The number of allylic oxidation sites excluding steroid dienone is 1. The number of phenolic OH excluding ortho intramolecular Hbond substituents is 1. The summed E-state index contributed by atoms with van der Waals surface area (Å²) in [6.07, 6.45) is 6.72. The highest BCUT2D eigenvalue weighted by molar-refractivity contribution is 5.94. The first-order valence-corrected chi connectivity index (χ1v) is 7.48. The van der Waals surface area contributed by atoms with E-state index in [1.165, 1.54) is 12.4 Å². The number of nitrogens with zero attached hydrogens (tertiary/aromatic N) is 2. The molecule has 124 valence electrons. The van der Waals surface area contributed by atoms with Crippen molar-refractivity contribution in [3.05, 3.63) is 66.0 Å². The largest absolute Gasteiger partial charge is 0.504 e. The zero-order valence-electron chi connectivity index (χ0n) is 13.4. The maximum absolute atomic E-state index is 11.9. The number of benzene rings is 1. The Kier molecular flexibility index (Phi) is 6.08. The topological polar surface area (TPSA) is 83.8 Å². The summed E-state index contributed by atoms with van der Waals surface area (Å²) in [5.41, 5.74) is 4.22. The van der Waals surface area contributed by atoms with Crippen LogP contribution in [0.25, 0.3) is 0 Å².